The number of hydrogen-bond donors (Lipinski definition) is 0. The third kappa shape index (κ3) is 4.60. The van der Waals surface area contributed by atoms with Crippen LogP contribution in [0.15, 0.2) is 46.5 Å². The number of aromatic nitrogens is 1. The van der Waals surface area contributed by atoms with Gasteiger partial charge in [-0.05, 0) is 35.5 Å². The Balaban J connectivity index is 1.55. The number of halogens is 3. The first-order chi connectivity index (χ1) is 15.3. The molecule has 1 fully saturated rings. The number of carbonyl (C=O) groups excluding carboxylic acids is 1. The summed E-state index contributed by atoms with van der Waals surface area (Å²) in [7, 11) is 0. The first-order valence-corrected chi connectivity index (χ1v) is 10.5. The van der Waals surface area contributed by atoms with Gasteiger partial charge < -0.3 is 9.69 Å². The maximum Gasteiger partial charge on any atom is 0.416 e. The van der Waals surface area contributed by atoms with Crippen molar-refractivity contribution >= 4 is 28.9 Å². The zero-order chi connectivity index (χ0) is 22.9. The number of alkyl halides is 3. The minimum atomic E-state index is -4.77. The van der Waals surface area contributed by atoms with Gasteiger partial charge in [0.2, 0.25) is 0 Å². The molecule has 2 aromatic rings. The maximum absolute atomic E-state index is 13.2. The summed E-state index contributed by atoms with van der Waals surface area (Å²) in [5, 5.41) is 11.9. The van der Waals surface area contributed by atoms with Crippen LogP contribution >= 0.6 is 11.8 Å². The summed E-state index contributed by atoms with van der Waals surface area (Å²) in [5.41, 5.74) is -0.801. The Kier molecular flexibility index (Phi) is 6.15. The van der Waals surface area contributed by atoms with Crippen LogP contribution < -0.4 is 0 Å². The lowest BCUT2D eigenvalue weighted by molar-refractivity contribution is -0.388. The molecule has 1 aromatic heterocycles. The zero-order valence-corrected chi connectivity index (χ0v) is 17.5. The van der Waals surface area contributed by atoms with Gasteiger partial charge >= 0.3 is 6.18 Å². The van der Waals surface area contributed by atoms with E-state index in [1.165, 1.54) is 0 Å². The van der Waals surface area contributed by atoms with Crippen LogP contribution in [-0.2, 0) is 17.5 Å². The Bertz CT molecular complexity index is 1060. The Labute approximate surface area is 185 Å². The Hall–Kier alpha value is -2.99. The molecule has 1 unspecified atom stereocenters. The molecule has 168 valence electrons. The van der Waals surface area contributed by atoms with Crippen molar-refractivity contribution in [2.45, 2.75) is 23.7 Å². The maximum atomic E-state index is 13.2. The van der Waals surface area contributed by atoms with Gasteiger partial charge in [0.05, 0.1) is 15.4 Å². The first-order valence-electron chi connectivity index (χ1n) is 9.73. The zero-order valence-electron chi connectivity index (χ0n) is 16.7. The van der Waals surface area contributed by atoms with E-state index in [9.17, 15) is 28.1 Å². The predicted molar refractivity (Wildman–Crippen MR) is 111 cm³/mol. The number of benzene rings is 1. The van der Waals surface area contributed by atoms with Crippen molar-refractivity contribution in [3.63, 3.8) is 0 Å². The minimum absolute atomic E-state index is 0.0318. The van der Waals surface area contributed by atoms with Crippen LogP contribution in [0.5, 0.6) is 0 Å². The molecule has 12 heteroatoms. The van der Waals surface area contributed by atoms with Gasteiger partial charge in [0.1, 0.15) is 12.3 Å². The number of rotatable bonds is 4. The second-order valence-corrected chi connectivity index (χ2v) is 8.36. The summed E-state index contributed by atoms with van der Waals surface area (Å²) in [5.74, 6) is 0. The molecule has 1 saturated heterocycles. The molecule has 2 aliphatic heterocycles. The van der Waals surface area contributed by atoms with E-state index in [0.717, 1.165) is 29.9 Å². The van der Waals surface area contributed by atoms with E-state index in [1.54, 1.807) is 12.4 Å². The summed E-state index contributed by atoms with van der Waals surface area (Å²) in [6.07, 6.45) is -0.894. The number of nitro benzene ring substituents is 1. The topological polar surface area (TPSA) is 91.9 Å². The summed E-state index contributed by atoms with van der Waals surface area (Å²) in [6, 6.07) is 3.95. The molecule has 3 heterocycles. The van der Waals surface area contributed by atoms with Gasteiger partial charge in [-0.2, -0.15) is 13.2 Å². The molecule has 8 nitrogen and oxygen atoms in total. The van der Waals surface area contributed by atoms with Crippen molar-refractivity contribution in [1.29, 1.82) is 0 Å². The number of aliphatic imine (C=N–C) groups is 1. The number of fused-ring (bicyclic) bond motifs is 1. The number of nitrogens with zero attached hydrogens (tertiary/aromatic N) is 5. The quantitative estimate of drug-likeness (QED) is 0.388. The first kappa shape index (κ1) is 22.2. The van der Waals surface area contributed by atoms with Crippen LogP contribution in [0.2, 0.25) is 0 Å². The van der Waals surface area contributed by atoms with E-state index in [0.29, 0.717) is 43.7 Å². The summed E-state index contributed by atoms with van der Waals surface area (Å²) in [4.78, 5) is 34.8. The molecule has 0 amide bonds. The fourth-order valence-corrected chi connectivity index (χ4v) is 4.86. The summed E-state index contributed by atoms with van der Waals surface area (Å²) >= 11 is 0.943. The Morgan fingerprint density at radius 1 is 1.19 bits per heavy atom. The van der Waals surface area contributed by atoms with Crippen LogP contribution in [0.3, 0.4) is 0 Å². The molecule has 32 heavy (non-hydrogen) atoms. The highest BCUT2D eigenvalue weighted by Crippen LogP contribution is 2.45. The second kappa shape index (κ2) is 8.87. The monoisotopic (exact) mass is 465 g/mol. The van der Waals surface area contributed by atoms with Gasteiger partial charge in [-0.3, -0.25) is 20.0 Å². The van der Waals surface area contributed by atoms with Crippen molar-refractivity contribution in [3.05, 3.63) is 63.5 Å². The largest absolute Gasteiger partial charge is 0.416 e. The van der Waals surface area contributed by atoms with Crippen molar-refractivity contribution in [2.75, 3.05) is 26.2 Å². The van der Waals surface area contributed by atoms with E-state index in [2.05, 4.69) is 14.9 Å². The molecule has 0 radical (unpaired) electrons. The lowest BCUT2D eigenvalue weighted by Gasteiger charge is -2.37. The number of amidine groups is 1. The van der Waals surface area contributed by atoms with Crippen LogP contribution in [0.4, 0.5) is 18.9 Å². The number of thioether (sulfide) groups is 1. The van der Waals surface area contributed by atoms with Gasteiger partial charge in [0.25, 0.3) is 5.69 Å². The highest BCUT2D eigenvalue weighted by molar-refractivity contribution is 8.14. The van der Waals surface area contributed by atoms with Gasteiger partial charge in [-0.15, -0.1) is 0 Å². The molecule has 2 aliphatic rings. The third-order valence-corrected chi connectivity index (χ3v) is 6.51. The van der Waals surface area contributed by atoms with Gasteiger partial charge in [0.15, 0.2) is 5.17 Å². The molecule has 1 atom stereocenters. The predicted octanol–water partition coefficient (Wildman–Crippen LogP) is 3.53. The summed E-state index contributed by atoms with van der Waals surface area (Å²) < 4.78 is 39.7. The number of pyridine rings is 1. The van der Waals surface area contributed by atoms with E-state index >= 15 is 0 Å². The SMILES string of the molecule is O=CC1N=C(N2CCN(Cc3ccncc3)CC2)Sc2c1cc(C(F)(F)F)cc2[N+](=O)[O-]. The van der Waals surface area contributed by atoms with E-state index in [4.69, 9.17) is 0 Å². The fourth-order valence-electron chi connectivity index (χ4n) is 3.67. The number of aldehydes is 1. The van der Waals surface area contributed by atoms with Crippen LogP contribution in [0, 0.1) is 10.1 Å². The minimum Gasteiger partial charge on any atom is -0.349 e. The molecule has 1 aromatic carbocycles. The summed E-state index contributed by atoms with van der Waals surface area (Å²) in [6.45, 7) is 3.31. The van der Waals surface area contributed by atoms with Crippen LogP contribution in [0.1, 0.15) is 22.7 Å². The molecule has 0 N–H and O–H groups in total. The van der Waals surface area contributed by atoms with Crippen LogP contribution in [-0.4, -0.2) is 57.3 Å². The smallest absolute Gasteiger partial charge is 0.349 e. The average molecular weight is 465 g/mol. The van der Waals surface area contributed by atoms with Gasteiger partial charge in [-0.1, -0.05) is 0 Å². The van der Waals surface area contributed by atoms with Crippen molar-refractivity contribution < 1.29 is 22.9 Å². The highest BCUT2D eigenvalue weighted by atomic mass is 32.2. The standard InChI is InChI=1S/C20H18F3N5O3S/c21-20(22,23)14-9-15-16(12-29)25-19(32-18(15)17(10-14)28(30)31)27-7-5-26(6-8-27)11-13-1-3-24-4-2-13/h1-4,9-10,12,16H,5-8,11H2. The van der Waals surface area contributed by atoms with E-state index < -0.39 is 28.4 Å². The third-order valence-electron chi connectivity index (χ3n) is 5.31. The molecular formula is C20H18F3N5O3S. The molecule has 0 spiro atoms. The van der Waals surface area contributed by atoms with E-state index in [-0.39, 0.29) is 10.5 Å². The fraction of sp³-hybridized carbons (Fsp3) is 0.350. The Morgan fingerprint density at radius 3 is 2.47 bits per heavy atom. The molecule has 0 aliphatic carbocycles. The average Bonchev–Trinajstić information content (AvgIpc) is 2.78. The Morgan fingerprint density at radius 2 is 1.88 bits per heavy atom. The lowest BCUT2D eigenvalue weighted by Crippen LogP contribution is -2.48. The van der Waals surface area contributed by atoms with Crippen molar-refractivity contribution in [1.82, 2.24) is 14.8 Å². The van der Waals surface area contributed by atoms with Crippen molar-refractivity contribution in [3.8, 4) is 0 Å². The number of nitro groups is 1. The van der Waals surface area contributed by atoms with Crippen LogP contribution in [0.25, 0.3) is 0 Å². The molecule has 0 saturated carbocycles. The molecule has 4 rings (SSSR count). The number of carbonyl (C=O) groups is 1. The molecule has 0 bridgehead atoms. The van der Waals surface area contributed by atoms with Gasteiger partial charge in [0, 0.05) is 56.7 Å². The normalized spacial score (nSPS) is 19.3. The van der Waals surface area contributed by atoms with Gasteiger partial charge in [-0.25, -0.2) is 4.99 Å². The highest BCUT2D eigenvalue weighted by Gasteiger charge is 2.38. The number of hydrogen-bond acceptors (Lipinski definition) is 8. The second-order valence-electron chi connectivity index (χ2n) is 7.38. The molecular weight excluding hydrogens is 447 g/mol. The lowest BCUT2D eigenvalue weighted by atomic mass is 10.0. The van der Waals surface area contributed by atoms with Crippen molar-refractivity contribution in [2.24, 2.45) is 4.99 Å². The number of piperazine rings is 1. The van der Waals surface area contributed by atoms with E-state index in [1.807, 2.05) is 17.0 Å².